The van der Waals surface area contributed by atoms with Crippen molar-refractivity contribution in [2.45, 2.75) is 11.8 Å². The monoisotopic (exact) mass is 314 g/mol. The number of aryl methyl sites for hydroxylation is 1. The van der Waals surface area contributed by atoms with Gasteiger partial charge in [0.2, 0.25) is 0 Å². The molecule has 0 aliphatic heterocycles. The minimum Gasteiger partial charge on any atom is -0.493 e. The highest BCUT2D eigenvalue weighted by atomic mass is 32.2. The van der Waals surface area contributed by atoms with Gasteiger partial charge in [0, 0.05) is 0 Å². The number of ether oxygens (including phenoxy) is 1. The van der Waals surface area contributed by atoms with Crippen LogP contribution in [0, 0.1) is 18.6 Å². The smallest absolute Gasteiger partial charge is 0.345 e. The van der Waals surface area contributed by atoms with Crippen LogP contribution in [0.1, 0.15) is 5.56 Å². The summed E-state index contributed by atoms with van der Waals surface area (Å²) in [5, 5.41) is 0. The molecule has 0 atom stereocenters. The first-order chi connectivity index (χ1) is 9.85. The minimum absolute atomic E-state index is 0.147. The van der Waals surface area contributed by atoms with Crippen molar-refractivity contribution in [3.8, 4) is 11.5 Å². The molecule has 112 valence electrons. The van der Waals surface area contributed by atoms with E-state index in [1.165, 1.54) is 13.2 Å². The molecule has 2 aromatic carbocycles. The summed E-state index contributed by atoms with van der Waals surface area (Å²) >= 11 is 0. The average molecular weight is 314 g/mol. The van der Waals surface area contributed by atoms with Crippen LogP contribution in [0.5, 0.6) is 11.5 Å². The first kappa shape index (κ1) is 15.2. The summed E-state index contributed by atoms with van der Waals surface area (Å²) in [4.78, 5) is -1.13. The number of benzene rings is 2. The molecule has 0 aliphatic rings. The van der Waals surface area contributed by atoms with E-state index in [-0.39, 0.29) is 11.5 Å². The Morgan fingerprint density at radius 2 is 1.62 bits per heavy atom. The van der Waals surface area contributed by atoms with Crippen molar-refractivity contribution < 1.29 is 26.1 Å². The van der Waals surface area contributed by atoms with E-state index in [0.717, 1.165) is 23.8 Å². The van der Waals surface area contributed by atoms with Gasteiger partial charge in [-0.1, -0.05) is 12.1 Å². The van der Waals surface area contributed by atoms with E-state index in [1.54, 1.807) is 19.1 Å². The van der Waals surface area contributed by atoms with Gasteiger partial charge in [-0.15, -0.1) is 0 Å². The molecule has 0 amide bonds. The van der Waals surface area contributed by atoms with Gasteiger partial charge < -0.3 is 8.92 Å². The topological polar surface area (TPSA) is 52.6 Å². The summed E-state index contributed by atoms with van der Waals surface area (Å²) in [6, 6.07) is 7.23. The largest absolute Gasteiger partial charge is 0.493 e. The van der Waals surface area contributed by atoms with Crippen molar-refractivity contribution >= 4 is 10.1 Å². The molecule has 0 heterocycles. The minimum atomic E-state index is -4.65. The van der Waals surface area contributed by atoms with Crippen LogP contribution in [-0.2, 0) is 10.1 Å². The Kier molecular flexibility index (Phi) is 4.13. The summed E-state index contributed by atoms with van der Waals surface area (Å²) in [5.41, 5.74) is 0.814. The lowest BCUT2D eigenvalue weighted by atomic mass is 10.2. The zero-order chi connectivity index (χ0) is 15.6. The van der Waals surface area contributed by atoms with E-state index >= 15 is 0 Å². The van der Waals surface area contributed by atoms with Gasteiger partial charge in [-0.25, -0.2) is 8.78 Å². The maximum Gasteiger partial charge on any atom is 0.345 e. The fourth-order valence-corrected chi connectivity index (χ4v) is 2.80. The van der Waals surface area contributed by atoms with Gasteiger partial charge >= 0.3 is 10.1 Å². The first-order valence-electron chi connectivity index (χ1n) is 5.88. The number of hydrogen-bond donors (Lipinski definition) is 0. The maximum atomic E-state index is 13.6. The van der Waals surface area contributed by atoms with Gasteiger partial charge in [-0.05, 0) is 36.8 Å². The number of rotatable bonds is 4. The molecule has 0 unspecified atom stereocenters. The lowest BCUT2D eigenvalue weighted by molar-refractivity contribution is 0.388. The Morgan fingerprint density at radius 1 is 1.00 bits per heavy atom. The van der Waals surface area contributed by atoms with Crippen molar-refractivity contribution in [2.75, 3.05) is 7.11 Å². The third-order valence-electron chi connectivity index (χ3n) is 2.69. The normalized spacial score (nSPS) is 11.2. The second-order valence-corrected chi connectivity index (χ2v) is 5.73. The van der Waals surface area contributed by atoms with E-state index in [1.807, 2.05) is 0 Å². The van der Waals surface area contributed by atoms with Gasteiger partial charge in [0.05, 0.1) is 7.11 Å². The highest BCUT2D eigenvalue weighted by Gasteiger charge is 2.27. The summed E-state index contributed by atoms with van der Waals surface area (Å²) in [5.74, 6) is -2.44. The van der Waals surface area contributed by atoms with Gasteiger partial charge in [0.25, 0.3) is 0 Å². The third-order valence-corrected chi connectivity index (χ3v) is 3.98. The molecule has 0 N–H and O–H groups in total. The summed E-state index contributed by atoms with van der Waals surface area (Å²) in [6.45, 7) is 1.78. The molecule has 2 rings (SSSR count). The highest BCUT2D eigenvalue weighted by Crippen LogP contribution is 2.31. The molecule has 0 aromatic heterocycles. The van der Waals surface area contributed by atoms with Crippen LogP contribution >= 0.6 is 0 Å². The van der Waals surface area contributed by atoms with Gasteiger partial charge in [0.15, 0.2) is 16.4 Å². The van der Waals surface area contributed by atoms with E-state index < -0.39 is 26.6 Å². The molecule has 0 radical (unpaired) electrons. The summed E-state index contributed by atoms with van der Waals surface area (Å²) < 4.78 is 61.0. The van der Waals surface area contributed by atoms with E-state index in [0.29, 0.717) is 0 Å². The Hall–Kier alpha value is -2.15. The number of halogens is 2. The van der Waals surface area contributed by atoms with E-state index in [2.05, 4.69) is 0 Å². The molecule has 7 heteroatoms. The molecule has 2 aromatic rings. The van der Waals surface area contributed by atoms with Crippen LogP contribution < -0.4 is 8.92 Å². The molecule has 4 nitrogen and oxygen atoms in total. The molecule has 0 spiro atoms. The SMILES string of the molecule is COc1cc(C)ccc1OS(=O)(=O)c1c(F)cccc1F. The Morgan fingerprint density at radius 3 is 2.19 bits per heavy atom. The standard InChI is InChI=1S/C14H12F2O4S/c1-9-6-7-12(13(8-9)19-2)20-21(17,18)14-10(15)4-3-5-11(14)16/h3-8H,1-2H3. The van der Waals surface area contributed by atoms with Crippen molar-refractivity contribution in [2.24, 2.45) is 0 Å². The predicted octanol–water partition coefficient (Wildman–Crippen LogP) is 3.05. The van der Waals surface area contributed by atoms with Crippen LogP contribution in [0.25, 0.3) is 0 Å². The van der Waals surface area contributed by atoms with Crippen molar-refractivity contribution in [3.05, 3.63) is 53.6 Å². The average Bonchev–Trinajstić information content (AvgIpc) is 2.40. The van der Waals surface area contributed by atoms with Crippen LogP contribution in [-0.4, -0.2) is 15.5 Å². The Bertz CT molecular complexity index is 752. The fourth-order valence-electron chi connectivity index (χ4n) is 1.72. The molecule has 0 fully saturated rings. The molecule has 0 bridgehead atoms. The fraction of sp³-hybridized carbons (Fsp3) is 0.143. The molecule has 21 heavy (non-hydrogen) atoms. The van der Waals surface area contributed by atoms with Crippen LogP contribution in [0.15, 0.2) is 41.3 Å². The Balaban J connectivity index is 2.48. The van der Waals surface area contributed by atoms with Gasteiger partial charge in [0.1, 0.15) is 11.6 Å². The second-order valence-electron chi connectivity index (χ2n) is 4.24. The summed E-state index contributed by atoms with van der Waals surface area (Å²) in [7, 11) is -3.32. The van der Waals surface area contributed by atoms with Crippen LogP contribution in [0.4, 0.5) is 8.78 Å². The lowest BCUT2D eigenvalue weighted by Gasteiger charge is -2.12. The number of hydrogen-bond acceptors (Lipinski definition) is 4. The Labute approximate surface area is 121 Å². The molecule has 0 saturated heterocycles. The predicted molar refractivity (Wildman–Crippen MR) is 71.9 cm³/mol. The van der Waals surface area contributed by atoms with Gasteiger partial charge in [-0.2, -0.15) is 8.42 Å². The van der Waals surface area contributed by atoms with Crippen molar-refractivity contribution in [1.82, 2.24) is 0 Å². The maximum absolute atomic E-state index is 13.6. The highest BCUT2D eigenvalue weighted by molar-refractivity contribution is 7.87. The molecular weight excluding hydrogens is 302 g/mol. The molecule has 0 aliphatic carbocycles. The number of methoxy groups -OCH3 is 1. The summed E-state index contributed by atoms with van der Waals surface area (Å²) in [6.07, 6.45) is 0. The first-order valence-corrected chi connectivity index (χ1v) is 7.29. The second kappa shape index (κ2) is 5.69. The molecule has 0 saturated carbocycles. The van der Waals surface area contributed by atoms with Gasteiger partial charge in [-0.3, -0.25) is 0 Å². The lowest BCUT2D eigenvalue weighted by Crippen LogP contribution is -2.14. The van der Waals surface area contributed by atoms with Crippen molar-refractivity contribution in [1.29, 1.82) is 0 Å². The zero-order valence-electron chi connectivity index (χ0n) is 11.3. The third kappa shape index (κ3) is 3.13. The van der Waals surface area contributed by atoms with E-state index in [9.17, 15) is 17.2 Å². The zero-order valence-corrected chi connectivity index (χ0v) is 12.1. The van der Waals surface area contributed by atoms with Crippen LogP contribution in [0.3, 0.4) is 0 Å². The molecular formula is C14H12F2O4S. The van der Waals surface area contributed by atoms with Crippen molar-refractivity contribution in [3.63, 3.8) is 0 Å². The van der Waals surface area contributed by atoms with Crippen LogP contribution in [0.2, 0.25) is 0 Å². The van der Waals surface area contributed by atoms with E-state index in [4.69, 9.17) is 8.92 Å². The quantitative estimate of drug-likeness (QED) is 0.814.